The van der Waals surface area contributed by atoms with Crippen molar-refractivity contribution in [1.29, 1.82) is 0 Å². The highest BCUT2D eigenvalue weighted by Gasteiger charge is 2.58. The minimum atomic E-state index is -0.947. The maximum absolute atomic E-state index is 13.3. The van der Waals surface area contributed by atoms with E-state index < -0.39 is 22.7 Å². The van der Waals surface area contributed by atoms with Gasteiger partial charge >= 0.3 is 5.97 Å². The maximum atomic E-state index is 13.3. The number of carboxylic acids is 1. The monoisotopic (exact) mass is 350 g/mol. The van der Waals surface area contributed by atoms with Gasteiger partial charge in [0.25, 0.3) is 0 Å². The molecule has 25 heavy (non-hydrogen) atoms. The fraction of sp³-hybridized carbons (Fsp3) is 0.579. The quantitative estimate of drug-likeness (QED) is 0.792. The van der Waals surface area contributed by atoms with Gasteiger partial charge in [-0.05, 0) is 37.3 Å². The van der Waals surface area contributed by atoms with Gasteiger partial charge in [0, 0.05) is 5.92 Å². The molecule has 1 aliphatic carbocycles. The second-order valence-electron chi connectivity index (χ2n) is 7.20. The summed E-state index contributed by atoms with van der Waals surface area (Å²) in [6, 6.07) is 3.31. The van der Waals surface area contributed by atoms with Gasteiger partial charge < -0.3 is 19.3 Å². The predicted molar refractivity (Wildman–Crippen MR) is 92.7 cm³/mol. The van der Waals surface area contributed by atoms with Gasteiger partial charge in [-0.2, -0.15) is 0 Å². The Balaban J connectivity index is 2.51. The number of hydrogen-bond donors (Lipinski definition) is 1. The molecule has 0 aliphatic heterocycles. The lowest BCUT2D eigenvalue weighted by Gasteiger charge is -2.38. The number of Topliss-reactive ketones (excluding diaryl/α,β-unsaturated/α-hetero) is 1. The first-order valence-electron chi connectivity index (χ1n) is 8.22. The molecule has 2 atom stereocenters. The summed E-state index contributed by atoms with van der Waals surface area (Å²) >= 11 is 0. The molecule has 1 fully saturated rings. The van der Waals surface area contributed by atoms with Crippen LogP contribution in [0.3, 0.4) is 0 Å². The summed E-state index contributed by atoms with van der Waals surface area (Å²) in [5, 5.41) is 9.66. The zero-order chi connectivity index (χ0) is 19.0. The van der Waals surface area contributed by atoms with E-state index in [1.807, 2.05) is 13.8 Å². The van der Waals surface area contributed by atoms with E-state index in [-0.39, 0.29) is 5.78 Å². The Morgan fingerprint density at radius 1 is 1.04 bits per heavy atom. The molecule has 1 aliphatic rings. The first kappa shape index (κ1) is 19.1. The van der Waals surface area contributed by atoms with E-state index in [2.05, 4.69) is 0 Å². The lowest BCUT2D eigenvalue weighted by molar-refractivity contribution is -0.153. The zero-order valence-electron chi connectivity index (χ0n) is 15.6. The summed E-state index contributed by atoms with van der Waals surface area (Å²) in [7, 11) is 4.46. The Morgan fingerprint density at radius 2 is 1.64 bits per heavy atom. The number of ether oxygens (including phenoxy) is 3. The first-order valence-corrected chi connectivity index (χ1v) is 8.22. The third kappa shape index (κ3) is 2.73. The molecule has 0 radical (unpaired) electrons. The van der Waals surface area contributed by atoms with Crippen molar-refractivity contribution in [3.63, 3.8) is 0 Å². The fourth-order valence-corrected chi connectivity index (χ4v) is 3.82. The molecule has 0 unspecified atom stereocenters. The Kier molecular flexibility index (Phi) is 5.02. The second kappa shape index (κ2) is 6.58. The van der Waals surface area contributed by atoms with Gasteiger partial charge in [-0.25, -0.2) is 0 Å². The molecule has 2 rings (SSSR count). The maximum Gasteiger partial charge on any atom is 0.309 e. The summed E-state index contributed by atoms with van der Waals surface area (Å²) in [4.78, 5) is 25.0. The summed E-state index contributed by atoms with van der Waals surface area (Å²) in [5.74, 6) is -0.281. The molecule has 6 nitrogen and oxygen atoms in total. The van der Waals surface area contributed by atoms with E-state index in [0.29, 0.717) is 35.7 Å². The molecule has 6 heteroatoms. The van der Waals surface area contributed by atoms with Gasteiger partial charge in [0.15, 0.2) is 17.3 Å². The van der Waals surface area contributed by atoms with Gasteiger partial charge in [0.05, 0.1) is 32.3 Å². The average molecular weight is 350 g/mol. The smallest absolute Gasteiger partial charge is 0.309 e. The van der Waals surface area contributed by atoms with Crippen LogP contribution in [0.5, 0.6) is 17.2 Å². The molecule has 0 heterocycles. The number of aliphatic carboxylic acids is 1. The van der Waals surface area contributed by atoms with Crippen LogP contribution in [0.4, 0.5) is 0 Å². The summed E-state index contributed by atoms with van der Waals surface area (Å²) in [6.07, 6.45) is 0.980. The molecule has 1 aromatic carbocycles. The molecular formula is C19H26O6. The minimum Gasteiger partial charge on any atom is -0.493 e. The van der Waals surface area contributed by atoms with Crippen molar-refractivity contribution in [3.8, 4) is 17.2 Å². The van der Waals surface area contributed by atoms with Crippen molar-refractivity contribution < 1.29 is 28.9 Å². The number of methoxy groups -OCH3 is 3. The molecule has 0 amide bonds. The highest BCUT2D eigenvalue weighted by molar-refractivity contribution is 6.02. The highest BCUT2D eigenvalue weighted by atomic mass is 16.5. The van der Waals surface area contributed by atoms with Crippen LogP contribution < -0.4 is 14.2 Å². The van der Waals surface area contributed by atoms with Crippen molar-refractivity contribution in [2.45, 2.75) is 33.6 Å². The Hall–Kier alpha value is -2.24. The van der Waals surface area contributed by atoms with Crippen LogP contribution >= 0.6 is 0 Å². The van der Waals surface area contributed by atoms with Gasteiger partial charge in [0.1, 0.15) is 0 Å². The normalized spacial score (nSPS) is 24.6. The number of ketones is 1. The lowest BCUT2D eigenvalue weighted by Crippen LogP contribution is -2.42. The van der Waals surface area contributed by atoms with Crippen LogP contribution in [0, 0.1) is 16.7 Å². The standard InChI is InChI=1S/C19H26O6/c1-18(2)12(9-10-19(18,3)17(21)22)14(20)11-7-8-13(23-4)16(25-6)15(11)24-5/h7-8,12H,9-10H2,1-6H3,(H,21,22)/t12-,19-/m1/s1. The van der Waals surface area contributed by atoms with Crippen molar-refractivity contribution >= 4 is 11.8 Å². The Labute approximate surface area is 148 Å². The molecule has 0 spiro atoms. The second-order valence-corrected chi connectivity index (χ2v) is 7.20. The van der Waals surface area contributed by atoms with Crippen molar-refractivity contribution in [2.24, 2.45) is 16.7 Å². The SMILES string of the molecule is COc1ccc(C(=O)[C@H]2CC[C@](C)(C(=O)O)C2(C)C)c(OC)c1OC. The van der Waals surface area contributed by atoms with Gasteiger partial charge in [0.2, 0.25) is 5.75 Å². The largest absolute Gasteiger partial charge is 0.493 e. The van der Waals surface area contributed by atoms with Crippen molar-refractivity contribution in [3.05, 3.63) is 17.7 Å². The van der Waals surface area contributed by atoms with Crippen LogP contribution in [0.1, 0.15) is 44.0 Å². The van der Waals surface area contributed by atoms with E-state index in [1.54, 1.807) is 19.1 Å². The van der Waals surface area contributed by atoms with Crippen LogP contribution in [0.2, 0.25) is 0 Å². The van der Waals surface area contributed by atoms with E-state index >= 15 is 0 Å². The lowest BCUT2D eigenvalue weighted by atomic mass is 9.64. The highest BCUT2D eigenvalue weighted by Crippen LogP contribution is 2.57. The van der Waals surface area contributed by atoms with Crippen LogP contribution in [0.15, 0.2) is 12.1 Å². The number of benzene rings is 1. The van der Waals surface area contributed by atoms with Gasteiger partial charge in [-0.15, -0.1) is 0 Å². The molecule has 1 N–H and O–H groups in total. The summed E-state index contributed by atoms with van der Waals surface area (Å²) in [5.41, 5.74) is -1.25. The van der Waals surface area contributed by atoms with Crippen LogP contribution in [-0.2, 0) is 4.79 Å². The predicted octanol–water partition coefficient (Wildman–Crippen LogP) is 3.42. The fourth-order valence-electron chi connectivity index (χ4n) is 3.82. The third-order valence-electron chi connectivity index (χ3n) is 5.98. The van der Waals surface area contributed by atoms with E-state index in [0.717, 1.165) is 0 Å². The molecule has 0 bridgehead atoms. The number of carbonyl (C=O) groups is 2. The molecule has 0 saturated heterocycles. The van der Waals surface area contributed by atoms with Gasteiger partial charge in [-0.3, -0.25) is 9.59 Å². The molecule has 1 aromatic rings. The first-order chi connectivity index (χ1) is 11.7. The topological polar surface area (TPSA) is 82.1 Å². The third-order valence-corrected chi connectivity index (χ3v) is 5.98. The summed E-state index contributed by atoms with van der Waals surface area (Å²) in [6.45, 7) is 5.42. The Bertz CT molecular complexity index is 693. The van der Waals surface area contributed by atoms with Crippen LogP contribution in [-0.4, -0.2) is 38.2 Å². The molecule has 0 aromatic heterocycles. The van der Waals surface area contributed by atoms with Gasteiger partial charge in [-0.1, -0.05) is 13.8 Å². The van der Waals surface area contributed by atoms with Crippen molar-refractivity contribution in [1.82, 2.24) is 0 Å². The number of hydrogen-bond acceptors (Lipinski definition) is 5. The number of carboxylic acid groups (broad SMARTS) is 1. The molecular weight excluding hydrogens is 324 g/mol. The molecule has 138 valence electrons. The van der Waals surface area contributed by atoms with Crippen LogP contribution in [0.25, 0.3) is 0 Å². The van der Waals surface area contributed by atoms with E-state index in [1.165, 1.54) is 21.3 Å². The number of rotatable bonds is 6. The average Bonchev–Trinajstić information content (AvgIpc) is 2.83. The molecule has 1 saturated carbocycles. The van der Waals surface area contributed by atoms with E-state index in [9.17, 15) is 14.7 Å². The van der Waals surface area contributed by atoms with E-state index in [4.69, 9.17) is 14.2 Å². The number of carbonyl (C=O) groups excluding carboxylic acids is 1. The van der Waals surface area contributed by atoms with Crippen molar-refractivity contribution in [2.75, 3.05) is 21.3 Å². The minimum absolute atomic E-state index is 0.132. The summed E-state index contributed by atoms with van der Waals surface area (Å²) < 4.78 is 16.0. The zero-order valence-corrected chi connectivity index (χ0v) is 15.6. The Morgan fingerprint density at radius 3 is 2.08 bits per heavy atom.